The molecule has 4 nitrogen and oxygen atoms in total. The Morgan fingerprint density at radius 2 is 1.86 bits per heavy atom. The SMILES string of the molecule is CCC(=O)C1CCN(C(=O)CCCOc2ccccc2)CC1. The Morgan fingerprint density at radius 1 is 1.18 bits per heavy atom. The zero-order valence-electron chi connectivity index (χ0n) is 13.3. The molecule has 120 valence electrons. The molecule has 1 aliphatic rings. The number of rotatable bonds is 7. The molecule has 0 aliphatic carbocycles. The van der Waals surface area contributed by atoms with E-state index >= 15 is 0 Å². The van der Waals surface area contributed by atoms with Crippen LogP contribution in [0.15, 0.2) is 30.3 Å². The van der Waals surface area contributed by atoms with Crippen molar-refractivity contribution in [1.29, 1.82) is 0 Å². The van der Waals surface area contributed by atoms with Gasteiger partial charge in [0.25, 0.3) is 0 Å². The molecule has 0 aromatic heterocycles. The second kappa shape index (κ2) is 8.57. The van der Waals surface area contributed by atoms with Gasteiger partial charge in [-0.15, -0.1) is 0 Å². The molecule has 1 saturated heterocycles. The summed E-state index contributed by atoms with van der Waals surface area (Å²) < 4.78 is 5.59. The number of carbonyl (C=O) groups excluding carboxylic acids is 2. The number of ether oxygens (including phenoxy) is 1. The van der Waals surface area contributed by atoms with Crippen LogP contribution in [0.25, 0.3) is 0 Å². The van der Waals surface area contributed by atoms with Gasteiger partial charge in [0, 0.05) is 31.8 Å². The molecule has 4 heteroatoms. The lowest BCUT2D eigenvalue weighted by atomic mass is 9.91. The van der Waals surface area contributed by atoms with Gasteiger partial charge in [0.2, 0.25) is 5.91 Å². The number of Topliss-reactive ketones (excluding diaryl/α,β-unsaturated/α-hetero) is 1. The monoisotopic (exact) mass is 303 g/mol. The lowest BCUT2D eigenvalue weighted by Crippen LogP contribution is -2.40. The first-order valence-electron chi connectivity index (χ1n) is 8.19. The van der Waals surface area contributed by atoms with Crippen molar-refractivity contribution >= 4 is 11.7 Å². The van der Waals surface area contributed by atoms with Gasteiger partial charge in [0.05, 0.1) is 6.61 Å². The minimum absolute atomic E-state index is 0.162. The summed E-state index contributed by atoms with van der Waals surface area (Å²) in [6.07, 6.45) is 3.48. The van der Waals surface area contributed by atoms with Crippen LogP contribution in [-0.4, -0.2) is 36.3 Å². The molecule has 1 fully saturated rings. The number of piperidine rings is 1. The van der Waals surface area contributed by atoms with E-state index in [0.717, 1.165) is 38.1 Å². The van der Waals surface area contributed by atoms with Crippen molar-refractivity contribution < 1.29 is 14.3 Å². The van der Waals surface area contributed by atoms with Crippen molar-refractivity contribution in [1.82, 2.24) is 4.90 Å². The molecule has 2 rings (SSSR count). The molecular formula is C18H25NO3. The van der Waals surface area contributed by atoms with Crippen LogP contribution in [0.1, 0.15) is 39.0 Å². The zero-order chi connectivity index (χ0) is 15.8. The summed E-state index contributed by atoms with van der Waals surface area (Å²) in [6, 6.07) is 9.64. The van der Waals surface area contributed by atoms with Crippen LogP contribution in [0.2, 0.25) is 0 Å². The number of amides is 1. The Morgan fingerprint density at radius 3 is 2.50 bits per heavy atom. The van der Waals surface area contributed by atoms with Gasteiger partial charge < -0.3 is 9.64 Å². The van der Waals surface area contributed by atoms with E-state index in [9.17, 15) is 9.59 Å². The largest absolute Gasteiger partial charge is 0.494 e. The van der Waals surface area contributed by atoms with Crippen molar-refractivity contribution in [2.45, 2.75) is 39.0 Å². The number of likely N-dealkylation sites (tertiary alicyclic amines) is 1. The standard InChI is InChI=1S/C18H25NO3/c1-2-17(20)15-10-12-19(13-11-15)18(21)9-6-14-22-16-7-4-3-5-8-16/h3-5,7-8,15H,2,6,9-14H2,1H3. The first-order chi connectivity index (χ1) is 10.7. The van der Waals surface area contributed by atoms with Crippen LogP contribution in [0.4, 0.5) is 0 Å². The first-order valence-corrected chi connectivity index (χ1v) is 8.19. The average Bonchev–Trinajstić information content (AvgIpc) is 2.59. The van der Waals surface area contributed by atoms with Crippen LogP contribution >= 0.6 is 0 Å². The summed E-state index contributed by atoms with van der Waals surface area (Å²) in [7, 11) is 0. The summed E-state index contributed by atoms with van der Waals surface area (Å²) >= 11 is 0. The summed E-state index contributed by atoms with van der Waals surface area (Å²) in [4.78, 5) is 25.7. The van der Waals surface area contributed by atoms with E-state index in [1.165, 1.54) is 0 Å². The molecule has 1 heterocycles. The van der Waals surface area contributed by atoms with Crippen molar-refractivity contribution in [3.05, 3.63) is 30.3 Å². The van der Waals surface area contributed by atoms with E-state index in [4.69, 9.17) is 4.74 Å². The summed E-state index contributed by atoms with van der Waals surface area (Å²) in [6.45, 7) is 3.90. The minimum Gasteiger partial charge on any atom is -0.494 e. The van der Waals surface area contributed by atoms with Gasteiger partial charge in [-0.3, -0.25) is 9.59 Å². The number of hydrogen-bond donors (Lipinski definition) is 0. The third kappa shape index (κ3) is 4.86. The predicted molar refractivity (Wildman–Crippen MR) is 85.8 cm³/mol. The van der Waals surface area contributed by atoms with Crippen LogP contribution < -0.4 is 4.74 Å². The van der Waals surface area contributed by atoms with Gasteiger partial charge in [-0.1, -0.05) is 25.1 Å². The molecule has 0 radical (unpaired) electrons. The van der Waals surface area contributed by atoms with Crippen molar-refractivity contribution in [3.63, 3.8) is 0 Å². The second-order valence-corrected chi connectivity index (χ2v) is 5.74. The van der Waals surface area contributed by atoms with Gasteiger partial charge in [-0.25, -0.2) is 0 Å². The van der Waals surface area contributed by atoms with Gasteiger partial charge in [-0.2, -0.15) is 0 Å². The highest BCUT2D eigenvalue weighted by Gasteiger charge is 2.25. The van der Waals surface area contributed by atoms with E-state index in [-0.39, 0.29) is 11.8 Å². The predicted octanol–water partition coefficient (Wildman–Crippen LogP) is 3.06. The lowest BCUT2D eigenvalue weighted by Gasteiger charge is -2.31. The molecule has 0 atom stereocenters. The maximum absolute atomic E-state index is 12.1. The molecule has 0 N–H and O–H groups in total. The fraction of sp³-hybridized carbons (Fsp3) is 0.556. The van der Waals surface area contributed by atoms with Crippen molar-refractivity contribution in [3.8, 4) is 5.75 Å². The molecule has 0 unspecified atom stereocenters. The number of para-hydroxylation sites is 1. The highest BCUT2D eigenvalue weighted by Crippen LogP contribution is 2.20. The molecule has 1 aromatic rings. The Kier molecular flexibility index (Phi) is 6.44. The maximum Gasteiger partial charge on any atom is 0.222 e. The minimum atomic E-state index is 0.162. The highest BCUT2D eigenvalue weighted by atomic mass is 16.5. The summed E-state index contributed by atoms with van der Waals surface area (Å²) in [5.41, 5.74) is 0. The zero-order valence-corrected chi connectivity index (χ0v) is 13.3. The van der Waals surface area contributed by atoms with Gasteiger partial charge >= 0.3 is 0 Å². The molecular weight excluding hydrogens is 278 g/mol. The van der Waals surface area contributed by atoms with Crippen LogP contribution in [0.5, 0.6) is 5.75 Å². The average molecular weight is 303 g/mol. The first kappa shape index (κ1) is 16.5. The lowest BCUT2D eigenvalue weighted by molar-refractivity contribution is -0.135. The number of hydrogen-bond acceptors (Lipinski definition) is 3. The smallest absolute Gasteiger partial charge is 0.222 e. The fourth-order valence-corrected chi connectivity index (χ4v) is 2.83. The molecule has 1 amide bonds. The van der Waals surface area contributed by atoms with Crippen LogP contribution in [0.3, 0.4) is 0 Å². The Bertz CT molecular complexity index is 478. The van der Waals surface area contributed by atoms with Gasteiger partial charge in [-0.05, 0) is 31.4 Å². The van der Waals surface area contributed by atoms with E-state index in [1.807, 2.05) is 42.2 Å². The van der Waals surface area contributed by atoms with E-state index in [2.05, 4.69) is 0 Å². The fourth-order valence-electron chi connectivity index (χ4n) is 2.83. The third-order valence-corrected chi connectivity index (χ3v) is 4.20. The number of benzene rings is 1. The van der Waals surface area contributed by atoms with Gasteiger partial charge in [0.1, 0.15) is 11.5 Å². The molecule has 22 heavy (non-hydrogen) atoms. The van der Waals surface area contributed by atoms with E-state index in [1.54, 1.807) is 0 Å². The normalized spacial score (nSPS) is 15.6. The molecule has 0 bridgehead atoms. The molecule has 0 saturated carbocycles. The topological polar surface area (TPSA) is 46.6 Å². The highest BCUT2D eigenvalue weighted by molar-refractivity contribution is 5.81. The van der Waals surface area contributed by atoms with Gasteiger partial charge in [0.15, 0.2) is 0 Å². The van der Waals surface area contributed by atoms with Crippen LogP contribution in [0, 0.1) is 5.92 Å². The molecule has 0 spiro atoms. The Balaban J connectivity index is 1.63. The summed E-state index contributed by atoms with van der Waals surface area (Å²) in [5, 5.41) is 0. The second-order valence-electron chi connectivity index (χ2n) is 5.74. The maximum atomic E-state index is 12.1. The van der Waals surface area contributed by atoms with E-state index in [0.29, 0.717) is 25.2 Å². The van der Waals surface area contributed by atoms with Crippen molar-refractivity contribution in [2.24, 2.45) is 5.92 Å². The quantitative estimate of drug-likeness (QED) is 0.727. The molecule has 1 aromatic carbocycles. The third-order valence-electron chi connectivity index (χ3n) is 4.20. The molecule has 1 aliphatic heterocycles. The number of nitrogens with zero attached hydrogens (tertiary/aromatic N) is 1. The summed E-state index contributed by atoms with van der Waals surface area (Å²) in [5.74, 6) is 1.52. The Hall–Kier alpha value is -1.84. The Labute approximate surface area is 132 Å². The number of ketones is 1. The van der Waals surface area contributed by atoms with Crippen LogP contribution in [-0.2, 0) is 9.59 Å². The van der Waals surface area contributed by atoms with Crippen molar-refractivity contribution in [2.75, 3.05) is 19.7 Å². The number of carbonyl (C=O) groups is 2. The van der Waals surface area contributed by atoms with E-state index < -0.39 is 0 Å².